The van der Waals surface area contributed by atoms with Gasteiger partial charge in [0, 0.05) is 17.4 Å². The minimum absolute atomic E-state index is 0.0701. The molecule has 0 spiro atoms. The molecule has 2 rings (SSSR count). The lowest BCUT2D eigenvalue weighted by atomic mass is 10.1. The fourth-order valence-corrected chi connectivity index (χ4v) is 2.58. The predicted molar refractivity (Wildman–Crippen MR) is 79.4 cm³/mol. The van der Waals surface area contributed by atoms with Gasteiger partial charge < -0.3 is 10.0 Å². The van der Waals surface area contributed by atoms with Crippen molar-refractivity contribution in [3.63, 3.8) is 0 Å². The van der Waals surface area contributed by atoms with Crippen molar-refractivity contribution in [3.05, 3.63) is 34.3 Å². The van der Waals surface area contributed by atoms with Crippen LogP contribution in [-0.4, -0.2) is 35.0 Å². The van der Waals surface area contributed by atoms with Gasteiger partial charge in [0.05, 0.1) is 0 Å². The molecular weight excluding hydrogens is 322 g/mol. The van der Waals surface area contributed by atoms with E-state index >= 15 is 0 Å². The van der Waals surface area contributed by atoms with E-state index in [2.05, 4.69) is 15.9 Å². The second-order valence-corrected chi connectivity index (χ2v) is 6.16. The maximum Gasteiger partial charge on any atom is 0.323 e. The Balaban J connectivity index is 1.88. The highest BCUT2D eigenvalue weighted by Gasteiger charge is 2.27. The number of carbonyl (C=O) groups is 2. The maximum absolute atomic E-state index is 12.2. The van der Waals surface area contributed by atoms with Gasteiger partial charge in [-0.05, 0) is 42.9 Å². The Morgan fingerprint density at radius 3 is 2.70 bits per heavy atom. The first kappa shape index (κ1) is 15.0. The van der Waals surface area contributed by atoms with E-state index in [0.717, 1.165) is 22.9 Å². The van der Waals surface area contributed by atoms with Crippen LogP contribution < -0.4 is 0 Å². The van der Waals surface area contributed by atoms with Gasteiger partial charge in [-0.2, -0.15) is 0 Å². The molecule has 1 aliphatic carbocycles. The first-order chi connectivity index (χ1) is 9.54. The molecule has 0 radical (unpaired) electrons. The molecule has 1 saturated carbocycles. The summed E-state index contributed by atoms with van der Waals surface area (Å²) < 4.78 is 0.989. The monoisotopic (exact) mass is 339 g/mol. The van der Waals surface area contributed by atoms with Gasteiger partial charge in [0.15, 0.2) is 0 Å². The van der Waals surface area contributed by atoms with Gasteiger partial charge in [-0.15, -0.1) is 0 Å². The molecule has 0 unspecified atom stereocenters. The topological polar surface area (TPSA) is 57.6 Å². The fourth-order valence-electron chi connectivity index (χ4n) is 2.13. The number of carboxylic acid groups (broad SMARTS) is 1. The van der Waals surface area contributed by atoms with Crippen LogP contribution in [0, 0.1) is 5.92 Å². The van der Waals surface area contributed by atoms with Crippen molar-refractivity contribution in [1.29, 1.82) is 0 Å². The summed E-state index contributed by atoms with van der Waals surface area (Å²) in [4.78, 5) is 24.5. The van der Waals surface area contributed by atoms with Crippen LogP contribution in [0.15, 0.2) is 28.7 Å². The van der Waals surface area contributed by atoms with Crippen LogP contribution in [0.25, 0.3) is 0 Å². The summed E-state index contributed by atoms with van der Waals surface area (Å²) >= 11 is 3.40. The van der Waals surface area contributed by atoms with Crippen LogP contribution in [0.2, 0.25) is 0 Å². The summed E-state index contributed by atoms with van der Waals surface area (Å²) in [7, 11) is 0. The molecule has 4 nitrogen and oxygen atoms in total. The Morgan fingerprint density at radius 1 is 1.35 bits per heavy atom. The van der Waals surface area contributed by atoms with Gasteiger partial charge in [-0.3, -0.25) is 9.59 Å². The molecule has 0 saturated heterocycles. The Morgan fingerprint density at radius 2 is 2.10 bits per heavy atom. The average Bonchev–Trinajstić information content (AvgIpc) is 3.19. The minimum atomic E-state index is -0.943. The normalized spacial score (nSPS) is 14.1. The van der Waals surface area contributed by atoms with Crippen molar-refractivity contribution in [2.45, 2.75) is 25.7 Å². The molecule has 1 N–H and O–H groups in total. The highest BCUT2D eigenvalue weighted by molar-refractivity contribution is 9.10. The fraction of sp³-hybridized carbons (Fsp3) is 0.467. The highest BCUT2D eigenvalue weighted by Crippen LogP contribution is 2.29. The Bertz CT molecular complexity index is 500. The first-order valence-electron chi connectivity index (χ1n) is 6.78. The lowest BCUT2D eigenvalue weighted by molar-refractivity contribution is -0.144. The standard InChI is InChI=1S/C15H18BrNO3/c16-13-3-1-2-11(8-13)6-7-14(18)17(10-15(19)20)9-12-4-5-12/h1-3,8,12H,4-7,9-10H2,(H,19,20). The zero-order chi connectivity index (χ0) is 14.5. The molecule has 1 aromatic rings. The zero-order valence-corrected chi connectivity index (χ0v) is 12.8. The SMILES string of the molecule is O=C(O)CN(CC1CC1)C(=O)CCc1cccc(Br)c1. The number of hydrogen-bond acceptors (Lipinski definition) is 2. The molecule has 0 aromatic heterocycles. The number of amides is 1. The summed E-state index contributed by atoms with van der Waals surface area (Å²) in [5.74, 6) is -0.509. The number of carboxylic acids is 1. The van der Waals surface area contributed by atoms with Gasteiger partial charge in [-0.1, -0.05) is 28.1 Å². The Kier molecular flexibility index (Phi) is 5.17. The largest absolute Gasteiger partial charge is 0.480 e. The number of carbonyl (C=O) groups excluding carboxylic acids is 1. The van der Waals surface area contributed by atoms with Gasteiger partial charge in [-0.25, -0.2) is 0 Å². The molecular formula is C15H18BrNO3. The lowest BCUT2D eigenvalue weighted by Gasteiger charge is -2.20. The molecule has 0 aliphatic heterocycles. The zero-order valence-electron chi connectivity index (χ0n) is 11.2. The van der Waals surface area contributed by atoms with Crippen molar-refractivity contribution in [2.24, 2.45) is 5.92 Å². The number of rotatable bonds is 7. The molecule has 5 heteroatoms. The number of nitrogens with zero attached hydrogens (tertiary/aromatic N) is 1. The molecule has 1 aromatic carbocycles. The maximum atomic E-state index is 12.2. The van der Waals surface area contributed by atoms with E-state index in [1.165, 1.54) is 4.90 Å². The van der Waals surface area contributed by atoms with Crippen LogP contribution in [-0.2, 0) is 16.0 Å². The molecule has 0 bridgehead atoms. The Hall–Kier alpha value is -1.36. The third-order valence-corrected chi connectivity index (χ3v) is 3.86. The van der Waals surface area contributed by atoms with E-state index in [4.69, 9.17) is 5.11 Å². The van der Waals surface area contributed by atoms with E-state index in [1.54, 1.807) is 0 Å². The summed E-state index contributed by atoms with van der Waals surface area (Å²) in [5.41, 5.74) is 1.08. The van der Waals surface area contributed by atoms with Crippen LogP contribution >= 0.6 is 15.9 Å². The van der Waals surface area contributed by atoms with Crippen molar-refractivity contribution >= 4 is 27.8 Å². The van der Waals surface area contributed by atoms with Gasteiger partial charge in [0.1, 0.15) is 6.54 Å². The molecule has 1 fully saturated rings. The molecule has 1 aliphatic rings. The van der Waals surface area contributed by atoms with Gasteiger partial charge >= 0.3 is 5.97 Å². The van der Waals surface area contributed by atoms with Crippen LogP contribution in [0.5, 0.6) is 0 Å². The number of halogens is 1. The van der Waals surface area contributed by atoms with Gasteiger partial charge in [0.25, 0.3) is 0 Å². The van der Waals surface area contributed by atoms with Gasteiger partial charge in [0.2, 0.25) is 5.91 Å². The van der Waals surface area contributed by atoms with Crippen LogP contribution in [0.1, 0.15) is 24.8 Å². The predicted octanol–water partition coefficient (Wildman–Crippen LogP) is 2.70. The summed E-state index contributed by atoms with van der Waals surface area (Å²) in [5, 5.41) is 8.89. The van der Waals surface area contributed by atoms with E-state index in [-0.39, 0.29) is 12.5 Å². The first-order valence-corrected chi connectivity index (χ1v) is 7.58. The molecule has 0 heterocycles. The molecule has 20 heavy (non-hydrogen) atoms. The third-order valence-electron chi connectivity index (χ3n) is 3.37. The van der Waals surface area contributed by atoms with Crippen LogP contribution in [0.3, 0.4) is 0 Å². The lowest BCUT2D eigenvalue weighted by Crippen LogP contribution is -2.37. The van der Waals surface area contributed by atoms with Crippen molar-refractivity contribution in [1.82, 2.24) is 4.90 Å². The average molecular weight is 340 g/mol. The molecule has 1 amide bonds. The minimum Gasteiger partial charge on any atom is -0.480 e. The van der Waals surface area contributed by atoms with Crippen molar-refractivity contribution < 1.29 is 14.7 Å². The van der Waals surface area contributed by atoms with Crippen LogP contribution in [0.4, 0.5) is 0 Å². The number of benzene rings is 1. The second-order valence-electron chi connectivity index (χ2n) is 5.24. The third kappa shape index (κ3) is 4.96. The summed E-state index contributed by atoms with van der Waals surface area (Å²) in [6.07, 6.45) is 3.21. The summed E-state index contributed by atoms with van der Waals surface area (Å²) in [6.45, 7) is 0.400. The molecule has 108 valence electrons. The van der Waals surface area contributed by atoms with E-state index in [9.17, 15) is 9.59 Å². The van der Waals surface area contributed by atoms with E-state index in [0.29, 0.717) is 25.3 Å². The van der Waals surface area contributed by atoms with E-state index < -0.39 is 5.97 Å². The summed E-state index contributed by atoms with van der Waals surface area (Å²) in [6, 6.07) is 7.83. The smallest absolute Gasteiger partial charge is 0.323 e. The number of hydrogen-bond donors (Lipinski definition) is 1. The molecule has 0 atom stereocenters. The highest BCUT2D eigenvalue weighted by atomic mass is 79.9. The van der Waals surface area contributed by atoms with Crippen molar-refractivity contribution in [3.8, 4) is 0 Å². The number of aryl methyl sites for hydroxylation is 1. The second kappa shape index (κ2) is 6.88. The quantitative estimate of drug-likeness (QED) is 0.830. The van der Waals surface area contributed by atoms with Crippen molar-refractivity contribution in [2.75, 3.05) is 13.1 Å². The Labute approximate surface area is 126 Å². The van der Waals surface area contributed by atoms with E-state index in [1.807, 2.05) is 24.3 Å². The number of aliphatic carboxylic acids is 1.